The molecule has 0 radical (unpaired) electrons. The second kappa shape index (κ2) is 5.67. The third-order valence-electron chi connectivity index (χ3n) is 2.63. The Kier molecular flexibility index (Phi) is 4.19. The predicted molar refractivity (Wildman–Crippen MR) is 73.8 cm³/mol. The standard InChI is InChI=1S/C14H15BrFNO/c1-9(2)17-8-11-7-10(3-4-13(11)16)14-12(15)5-6-18-14/h3-7,9,17H,8H2,1-2H3. The molecule has 0 saturated heterocycles. The van der Waals surface area contributed by atoms with Crippen molar-refractivity contribution in [2.24, 2.45) is 0 Å². The first-order valence-corrected chi connectivity index (χ1v) is 6.62. The van der Waals surface area contributed by atoms with Crippen LogP contribution in [0.4, 0.5) is 4.39 Å². The summed E-state index contributed by atoms with van der Waals surface area (Å²) >= 11 is 3.41. The van der Waals surface area contributed by atoms with E-state index < -0.39 is 0 Å². The summed E-state index contributed by atoms with van der Waals surface area (Å²) in [6.45, 7) is 4.57. The molecule has 0 spiro atoms. The van der Waals surface area contributed by atoms with Crippen molar-refractivity contribution < 1.29 is 8.81 Å². The van der Waals surface area contributed by atoms with Crippen molar-refractivity contribution in [2.45, 2.75) is 26.4 Å². The van der Waals surface area contributed by atoms with Gasteiger partial charge in [0, 0.05) is 23.7 Å². The molecule has 0 aliphatic heterocycles. The van der Waals surface area contributed by atoms with Crippen molar-refractivity contribution in [3.05, 3.63) is 46.4 Å². The summed E-state index contributed by atoms with van der Waals surface area (Å²) in [5.41, 5.74) is 1.51. The molecule has 1 aromatic carbocycles. The van der Waals surface area contributed by atoms with Crippen molar-refractivity contribution in [1.29, 1.82) is 0 Å². The van der Waals surface area contributed by atoms with Crippen LogP contribution in [0.5, 0.6) is 0 Å². The van der Waals surface area contributed by atoms with E-state index in [1.807, 2.05) is 26.0 Å². The molecule has 0 aliphatic carbocycles. The molecule has 2 aromatic rings. The first-order valence-electron chi connectivity index (χ1n) is 5.83. The van der Waals surface area contributed by atoms with Crippen LogP contribution in [-0.2, 0) is 6.54 Å². The third kappa shape index (κ3) is 3.00. The summed E-state index contributed by atoms with van der Waals surface area (Å²) in [5.74, 6) is 0.523. The number of halogens is 2. The average molecular weight is 312 g/mol. The highest BCUT2D eigenvalue weighted by Crippen LogP contribution is 2.30. The van der Waals surface area contributed by atoms with E-state index in [0.29, 0.717) is 18.2 Å². The van der Waals surface area contributed by atoms with Gasteiger partial charge < -0.3 is 9.73 Å². The fourth-order valence-corrected chi connectivity index (χ4v) is 2.10. The van der Waals surface area contributed by atoms with Crippen LogP contribution in [0, 0.1) is 5.82 Å². The van der Waals surface area contributed by atoms with Crippen LogP contribution in [0.2, 0.25) is 0 Å². The Morgan fingerprint density at radius 2 is 2.11 bits per heavy atom. The number of furan rings is 1. The lowest BCUT2D eigenvalue weighted by Gasteiger charge is -2.10. The molecule has 2 rings (SSSR count). The zero-order chi connectivity index (χ0) is 13.1. The van der Waals surface area contributed by atoms with Gasteiger partial charge in [0.05, 0.1) is 10.7 Å². The van der Waals surface area contributed by atoms with Gasteiger partial charge in [0.2, 0.25) is 0 Å². The van der Waals surface area contributed by atoms with Gasteiger partial charge in [-0.3, -0.25) is 0 Å². The number of nitrogens with one attached hydrogen (secondary N) is 1. The summed E-state index contributed by atoms with van der Waals surface area (Å²) in [6.07, 6.45) is 1.61. The first-order chi connectivity index (χ1) is 8.58. The van der Waals surface area contributed by atoms with Crippen LogP contribution in [0.3, 0.4) is 0 Å². The number of rotatable bonds is 4. The molecule has 1 aromatic heterocycles. The monoisotopic (exact) mass is 311 g/mol. The fourth-order valence-electron chi connectivity index (χ4n) is 1.67. The number of hydrogen-bond acceptors (Lipinski definition) is 2. The Morgan fingerprint density at radius 1 is 1.33 bits per heavy atom. The summed E-state index contributed by atoms with van der Waals surface area (Å²) in [5, 5.41) is 3.21. The topological polar surface area (TPSA) is 25.2 Å². The van der Waals surface area contributed by atoms with Gasteiger partial charge >= 0.3 is 0 Å². The number of hydrogen-bond donors (Lipinski definition) is 1. The van der Waals surface area contributed by atoms with Gasteiger partial charge in [-0.05, 0) is 40.2 Å². The van der Waals surface area contributed by atoms with Crippen LogP contribution in [0.25, 0.3) is 11.3 Å². The van der Waals surface area contributed by atoms with Gasteiger partial charge in [0.25, 0.3) is 0 Å². The fraction of sp³-hybridized carbons (Fsp3) is 0.286. The van der Waals surface area contributed by atoms with Gasteiger partial charge in [-0.2, -0.15) is 0 Å². The zero-order valence-corrected chi connectivity index (χ0v) is 11.9. The molecule has 0 saturated carbocycles. The molecule has 96 valence electrons. The smallest absolute Gasteiger partial charge is 0.148 e. The van der Waals surface area contributed by atoms with Crippen LogP contribution in [0.1, 0.15) is 19.4 Å². The van der Waals surface area contributed by atoms with E-state index >= 15 is 0 Å². The SMILES string of the molecule is CC(C)NCc1cc(-c2occc2Br)ccc1F. The van der Waals surface area contributed by atoms with E-state index in [1.165, 1.54) is 6.07 Å². The highest BCUT2D eigenvalue weighted by Gasteiger charge is 2.10. The van der Waals surface area contributed by atoms with Crippen molar-refractivity contribution in [3.8, 4) is 11.3 Å². The molecule has 0 bridgehead atoms. The molecule has 0 fully saturated rings. The van der Waals surface area contributed by atoms with E-state index in [2.05, 4.69) is 21.2 Å². The van der Waals surface area contributed by atoms with E-state index in [1.54, 1.807) is 12.3 Å². The molecule has 0 amide bonds. The van der Waals surface area contributed by atoms with E-state index in [4.69, 9.17) is 4.42 Å². The lowest BCUT2D eigenvalue weighted by molar-refractivity contribution is 0.552. The summed E-state index contributed by atoms with van der Waals surface area (Å²) in [4.78, 5) is 0. The largest absolute Gasteiger partial charge is 0.463 e. The highest BCUT2D eigenvalue weighted by molar-refractivity contribution is 9.10. The molecular weight excluding hydrogens is 297 g/mol. The van der Waals surface area contributed by atoms with E-state index in [9.17, 15) is 4.39 Å². The quantitative estimate of drug-likeness (QED) is 0.908. The lowest BCUT2D eigenvalue weighted by atomic mass is 10.1. The summed E-state index contributed by atoms with van der Waals surface area (Å²) in [6, 6.07) is 7.15. The van der Waals surface area contributed by atoms with Gasteiger partial charge in [0.1, 0.15) is 11.6 Å². The van der Waals surface area contributed by atoms with E-state index in [0.717, 1.165) is 15.8 Å². The van der Waals surface area contributed by atoms with Crippen molar-refractivity contribution in [2.75, 3.05) is 0 Å². The first kappa shape index (κ1) is 13.3. The minimum absolute atomic E-state index is 0.199. The number of benzene rings is 1. The minimum atomic E-state index is -0.199. The molecule has 0 atom stereocenters. The maximum Gasteiger partial charge on any atom is 0.148 e. The third-order valence-corrected chi connectivity index (χ3v) is 3.25. The van der Waals surface area contributed by atoms with Gasteiger partial charge in [-0.15, -0.1) is 0 Å². The Morgan fingerprint density at radius 3 is 2.72 bits per heavy atom. The second-order valence-electron chi connectivity index (χ2n) is 4.44. The summed E-state index contributed by atoms with van der Waals surface area (Å²) < 4.78 is 19.9. The average Bonchev–Trinajstić information content (AvgIpc) is 2.74. The Labute approximate surface area is 114 Å². The maximum absolute atomic E-state index is 13.7. The van der Waals surface area contributed by atoms with Crippen molar-refractivity contribution in [3.63, 3.8) is 0 Å². The van der Waals surface area contributed by atoms with Crippen molar-refractivity contribution >= 4 is 15.9 Å². The molecular formula is C14H15BrFNO. The van der Waals surface area contributed by atoms with Gasteiger partial charge in [-0.25, -0.2) is 4.39 Å². The Hall–Kier alpha value is -1.13. The molecule has 18 heavy (non-hydrogen) atoms. The molecule has 1 heterocycles. The summed E-state index contributed by atoms with van der Waals surface area (Å²) in [7, 11) is 0. The normalized spacial score (nSPS) is 11.2. The molecule has 1 N–H and O–H groups in total. The maximum atomic E-state index is 13.7. The molecule has 0 unspecified atom stereocenters. The van der Waals surface area contributed by atoms with Crippen LogP contribution < -0.4 is 5.32 Å². The molecule has 0 aliphatic rings. The van der Waals surface area contributed by atoms with Crippen molar-refractivity contribution in [1.82, 2.24) is 5.32 Å². The Bertz CT molecular complexity index is 536. The molecule has 2 nitrogen and oxygen atoms in total. The van der Waals surface area contributed by atoms with Crippen LogP contribution in [0.15, 0.2) is 39.4 Å². The molecule has 4 heteroatoms. The second-order valence-corrected chi connectivity index (χ2v) is 5.29. The van der Waals surface area contributed by atoms with Gasteiger partial charge in [0.15, 0.2) is 0 Å². The Balaban J connectivity index is 2.29. The predicted octanol–water partition coefficient (Wildman–Crippen LogP) is 4.35. The van der Waals surface area contributed by atoms with Crippen LogP contribution in [-0.4, -0.2) is 6.04 Å². The lowest BCUT2D eigenvalue weighted by Crippen LogP contribution is -2.22. The van der Waals surface area contributed by atoms with Gasteiger partial charge in [-0.1, -0.05) is 13.8 Å². The van der Waals surface area contributed by atoms with E-state index in [-0.39, 0.29) is 5.82 Å². The van der Waals surface area contributed by atoms with Crippen LogP contribution >= 0.6 is 15.9 Å². The highest BCUT2D eigenvalue weighted by atomic mass is 79.9. The minimum Gasteiger partial charge on any atom is -0.463 e. The zero-order valence-electron chi connectivity index (χ0n) is 10.3.